The van der Waals surface area contributed by atoms with Crippen LogP contribution in [0.3, 0.4) is 0 Å². The highest BCUT2D eigenvalue weighted by atomic mass is 35.5. The van der Waals surface area contributed by atoms with Crippen LogP contribution in [0.1, 0.15) is 58.3 Å². The van der Waals surface area contributed by atoms with Gasteiger partial charge < -0.3 is 23.9 Å². The van der Waals surface area contributed by atoms with E-state index < -0.39 is 17.2 Å². The summed E-state index contributed by atoms with van der Waals surface area (Å²) in [5, 5.41) is 3.23. The van der Waals surface area contributed by atoms with Gasteiger partial charge in [-0.25, -0.2) is 0 Å². The van der Waals surface area contributed by atoms with Gasteiger partial charge >= 0.3 is 0 Å². The Hall–Kier alpha value is -3.52. The van der Waals surface area contributed by atoms with E-state index in [1.54, 1.807) is 39.8 Å². The number of nitrogens with zero attached hydrogens (tertiary/aromatic N) is 2. The lowest BCUT2D eigenvalue weighted by Gasteiger charge is -2.22. The van der Waals surface area contributed by atoms with Gasteiger partial charge in [0, 0.05) is 35.6 Å². The molecule has 1 aromatic carbocycles. The van der Waals surface area contributed by atoms with Crippen molar-refractivity contribution < 1.29 is 18.7 Å². The molecule has 9 heteroatoms. The molecular weight excluding hydrogens is 458 g/mol. The zero-order chi connectivity index (χ0) is 24.2. The fraction of sp³-hybridized carbons (Fsp3) is 0.320. The van der Waals surface area contributed by atoms with Crippen LogP contribution in [0.25, 0.3) is 0 Å². The van der Waals surface area contributed by atoms with E-state index in [2.05, 4.69) is 5.32 Å². The first-order valence-electron chi connectivity index (χ1n) is 11.1. The van der Waals surface area contributed by atoms with E-state index in [4.69, 9.17) is 20.8 Å². The average Bonchev–Trinajstić information content (AvgIpc) is 3.27. The van der Waals surface area contributed by atoms with E-state index in [0.29, 0.717) is 23.1 Å². The van der Waals surface area contributed by atoms with Gasteiger partial charge in [0.05, 0.1) is 19.4 Å². The fourth-order valence-electron chi connectivity index (χ4n) is 3.76. The number of halogens is 1. The quantitative estimate of drug-likeness (QED) is 0.571. The second-order valence-corrected chi connectivity index (χ2v) is 8.64. The molecule has 1 aliphatic rings. The number of benzene rings is 1. The van der Waals surface area contributed by atoms with Crippen molar-refractivity contribution in [2.24, 2.45) is 0 Å². The molecule has 2 aromatic heterocycles. The molecule has 0 aliphatic carbocycles. The van der Waals surface area contributed by atoms with Crippen LogP contribution in [0, 0.1) is 0 Å². The van der Waals surface area contributed by atoms with Gasteiger partial charge in [0.15, 0.2) is 0 Å². The monoisotopic (exact) mass is 483 g/mol. The Kier molecular flexibility index (Phi) is 7.07. The Balaban J connectivity index is 1.67. The van der Waals surface area contributed by atoms with Gasteiger partial charge in [-0.05, 0) is 43.7 Å². The van der Waals surface area contributed by atoms with E-state index >= 15 is 0 Å². The summed E-state index contributed by atoms with van der Waals surface area (Å²) in [6.45, 7) is 4.90. The molecule has 0 spiro atoms. The summed E-state index contributed by atoms with van der Waals surface area (Å²) in [6.07, 6.45) is 5.30. The second-order valence-electron chi connectivity index (χ2n) is 8.21. The number of pyridine rings is 1. The first-order chi connectivity index (χ1) is 16.4. The summed E-state index contributed by atoms with van der Waals surface area (Å²) >= 11 is 6.13. The number of aromatic nitrogens is 1. The summed E-state index contributed by atoms with van der Waals surface area (Å²) in [7, 11) is 0. The third kappa shape index (κ3) is 5.02. The van der Waals surface area contributed by atoms with Crippen molar-refractivity contribution in [3.8, 4) is 5.75 Å². The number of nitrogens with one attached hydrogen (secondary N) is 1. The summed E-state index contributed by atoms with van der Waals surface area (Å²) in [5.41, 5.74) is -0.00502. The Morgan fingerprint density at radius 3 is 2.74 bits per heavy atom. The molecule has 1 N–H and O–H groups in total. The van der Waals surface area contributed by atoms with Crippen LogP contribution in [0.2, 0.25) is 5.02 Å². The minimum absolute atomic E-state index is 0.0178. The number of ether oxygens (including phenoxy) is 1. The average molecular weight is 484 g/mol. The maximum Gasteiger partial charge on any atom is 0.259 e. The van der Waals surface area contributed by atoms with Gasteiger partial charge in [0.2, 0.25) is 5.43 Å². The van der Waals surface area contributed by atoms with Gasteiger partial charge in [0.1, 0.15) is 29.2 Å². The van der Waals surface area contributed by atoms with E-state index in [-0.39, 0.29) is 36.9 Å². The Labute approximate surface area is 202 Å². The molecule has 1 atom stereocenters. The summed E-state index contributed by atoms with van der Waals surface area (Å²) in [5.74, 6) is 0.191. The standard InChI is InChI=1S/C25H26ClN3O5/c1-3-16(2)29-14-20(24(31)27-12-19-5-4-9-33-19)23(30)21(15-29)25(32)28-8-10-34-22-7-6-18(26)11-17(22)13-28/h4-7,9,11,14-16H,3,8,10,12-13H2,1-2H3,(H,27,31). The third-order valence-electron chi connectivity index (χ3n) is 5.91. The molecule has 4 rings (SSSR count). The fourth-order valence-corrected chi connectivity index (χ4v) is 3.95. The van der Waals surface area contributed by atoms with Crippen molar-refractivity contribution in [1.29, 1.82) is 0 Å². The first-order valence-corrected chi connectivity index (χ1v) is 11.5. The lowest BCUT2D eigenvalue weighted by molar-refractivity contribution is 0.0730. The van der Waals surface area contributed by atoms with E-state index in [1.165, 1.54) is 18.7 Å². The molecule has 1 unspecified atom stereocenters. The molecule has 0 bridgehead atoms. The predicted octanol–water partition coefficient (Wildman–Crippen LogP) is 4.03. The summed E-state index contributed by atoms with van der Waals surface area (Å²) < 4.78 is 12.7. The van der Waals surface area contributed by atoms with Crippen LogP contribution in [-0.4, -0.2) is 34.4 Å². The van der Waals surface area contributed by atoms with Crippen LogP contribution in [0.15, 0.2) is 58.2 Å². The molecule has 3 aromatic rings. The van der Waals surface area contributed by atoms with Crippen LogP contribution in [0.4, 0.5) is 0 Å². The van der Waals surface area contributed by atoms with Crippen LogP contribution >= 0.6 is 11.6 Å². The van der Waals surface area contributed by atoms with Gasteiger partial charge in [-0.2, -0.15) is 0 Å². The molecule has 8 nitrogen and oxygen atoms in total. The van der Waals surface area contributed by atoms with Gasteiger partial charge in [-0.3, -0.25) is 14.4 Å². The lowest BCUT2D eigenvalue weighted by Crippen LogP contribution is -2.38. The summed E-state index contributed by atoms with van der Waals surface area (Å²) in [6, 6.07) is 8.67. The molecule has 178 valence electrons. The zero-order valence-electron chi connectivity index (χ0n) is 19.0. The lowest BCUT2D eigenvalue weighted by atomic mass is 10.1. The van der Waals surface area contributed by atoms with Crippen molar-refractivity contribution in [3.05, 3.63) is 86.7 Å². The van der Waals surface area contributed by atoms with Gasteiger partial charge in [0.25, 0.3) is 11.8 Å². The highest BCUT2D eigenvalue weighted by Crippen LogP contribution is 2.27. The topological polar surface area (TPSA) is 93.8 Å². The van der Waals surface area contributed by atoms with E-state index in [1.807, 2.05) is 13.8 Å². The molecule has 0 saturated heterocycles. The molecule has 0 saturated carbocycles. The minimum atomic E-state index is -0.613. The molecule has 3 heterocycles. The maximum atomic E-state index is 13.5. The Morgan fingerprint density at radius 2 is 2.00 bits per heavy atom. The Morgan fingerprint density at radius 1 is 1.21 bits per heavy atom. The smallest absolute Gasteiger partial charge is 0.259 e. The second kappa shape index (κ2) is 10.2. The normalized spacial score (nSPS) is 14.0. The molecule has 0 radical (unpaired) electrons. The van der Waals surface area contributed by atoms with Crippen LogP contribution in [-0.2, 0) is 13.1 Å². The van der Waals surface area contributed by atoms with Crippen LogP contribution < -0.4 is 15.5 Å². The number of furan rings is 1. The highest BCUT2D eigenvalue weighted by Gasteiger charge is 2.26. The van der Waals surface area contributed by atoms with Crippen LogP contribution in [0.5, 0.6) is 5.75 Å². The number of fused-ring (bicyclic) bond motifs is 1. The third-order valence-corrected chi connectivity index (χ3v) is 6.15. The number of rotatable bonds is 6. The zero-order valence-corrected chi connectivity index (χ0v) is 19.8. The van der Waals surface area contributed by atoms with Crippen molar-refractivity contribution in [3.63, 3.8) is 0 Å². The van der Waals surface area contributed by atoms with Gasteiger partial charge in [-0.1, -0.05) is 18.5 Å². The Bertz CT molecular complexity index is 1250. The van der Waals surface area contributed by atoms with Crippen molar-refractivity contribution in [2.75, 3.05) is 13.2 Å². The largest absolute Gasteiger partial charge is 0.491 e. The number of hydrogen-bond donors (Lipinski definition) is 1. The van der Waals surface area contributed by atoms with Crippen molar-refractivity contribution in [1.82, 2.24) is 14.8 Å². The van der Waals surface area contributed by atoms with Crippen molar-refractivity contribution >= 4 is 23.4 Å². The van der Waals surface area contributed by atoms with Gasteiger partial charge in [-0.15, -0.1) is 0 Å². The number of amides is 2. The molecule has 2 amide bonds. The maximum absolute atomic E-state index is 13.5. The molecule has 34 heavy (non-hydrogen) atoms. The first kappa shape index (κ1) is 23.6. The number of carbonyl (C=O) groups excluding carboxylic acids is 2. The molecular formula is C25H26ClN3O5. The predicted molar refractivity (Wildman–Crippen MR) is 127 cm³/mol. The molecule has 0 fully saturated rings. The van der Waals surface area contributed by atoms with E-state index in [9.17, 15) is 14.4 Å². The highest BCUT2D eigenvalue weighted by molar-refractivity contribution is 6.30. The van der Waals surface area contributed by atoms with E-state index in [0.717, 1.165) is 12.0 Å². The summed E-state index contributed by atoms with van der Waals surface area (Å²) in [4.78, 5) is 41.3. The number of hydrogen-bond acceptors (Lipinski definition) is 5. The molecule has 1 aliphatic heterocycles. The number of carbonyl (C=O) groups is 2. The van der Waals surface area contributed by atoms with Crippen molar-refractivity contribution in [2.45, 2.75) is 39.4 Å². The minimum Gasteiger partial charge on any atom is -0.491 e. The SMILES string of the molecule is CCC(C)n1cc(C(=O)NCc2ccco2)c(=O)c(C(=O)N2CCOc3ccc(Cl)cc3C2)c1.